The second-order valence-corrected chi connectivity index (χ2v) is 7.09. The number of aryl methyl sites for hydroxylation is 1. The fourth-order valence-electron chi connectivity index (χ4n) is 4.02. The van der Waals surface area contributed by atoms with Gasteiger partial charge in [-0.3, -0.25) is 14.5 Å². The predicted octanol–water partition coefficient (Wildman–Crippen LogP) is 2.34. The van der Waals surface area contributed by atoms with E-state index in [0.717, 1.165) is 12.0 Å². The van der Waals surface area contributed by atoms with Gasteiger partial charge in [0.15, 0.2) is 0 Å². The van der Waals surface area contributed by atoms with Crippen molar-refractivity contribution in [3.8, 4) is 0 Å². The quantitative estimate of drug-likeness (QED) is 0.781. The van der Waals surface area contributed by atoms with Crippen LogP contribution in [0.15, 0.2) is 30.7 Å². The molecule has 2 bridgehead atoms. The molecular formula is C19H22F2N4O3. The lowest BCUT2D eigenvalue weighted by atomic mass is 10.1. The molecule has 2 aromatic heterocycles. The van der Waals surface area contributed by atoms with Gasteiger partial charge in [-0.1, -0.05) is 6.07 Å². The molecule has 2 fully saturated rings. The zero-order valence-corrected chi connectivity index (χ0v) is 15.5. The number of carbonyl (C=O) groups excluding carboxylic acids is 1. The van der Waals surface area contributed by atoms with Gasteiger partial charge >= 0.3 is 0 Å². The molecule has 1 amide bonds. The van der Waals surface area contributed by atoms with Crippen molar-refractivity contribution < 1.29 is 23.0 Å². The highest BCUT2D eigenvalue weighted by molar-refractivity contribution is 5.95. The van der Waals surface area contributed by atoms with Crippen LogP contribution in [0, 0.1) is 0 Å². The summed E-state index contributed by atoms with van der Waals surface area (Å²) < 4.78 is 39.9. The van der Waals surface area contributed by atoms with Crippen LogP contribution in [0.2, 0.25) is 0 Å². The van der Waals surface area contributed by atoms with Gasteiger partial charge in [0.05, 0.1) is 30.9 Å². The molecule has 3 unspecified atom stereocenters. The van der Waals surface area contributed by atoms with Crippen LogP contribution in [0.1, 0.15) is 40.9 Å². The maximum Gasteiger partial charge on any atom is 0.282 e. The molecule has 2 aromatic rings. The second-order valence-electron chi connectivity index (χ2n) is 7.09. The maximum atomic E-state index is 13.3. The summed E-state index contributed by atoms with van der Waals surface area (Å²) in [4.78, 5) is 18.8. The Balaban J connectivity index is 1.55. The van der Waals surface area contributed by atoms with Crippen molar-refractivity contribution in [1.29, 1.82) is 0 Å². The summed E-state index contributed by atoms with van der Waals surface area (Å²) in [6.07, 6.45) is 3.02. The molecule has 4 rings (SSSR count). The van der Waals surface area contributed by atoms with E-state index in [1.165, 1.54) is 17.9 Å². The van der Waals surface area contributed by atoms with Crippen molar-refractivity contribution in [2.75, 3.05) is 13.2 Å². The zero-order chi connectivity index (χ0) is 19.7. The normalized spacial score (nSPS) is 24.6. The van der Waals surface area contributed by atoms with Crippen LogP contribution in [-0.2, 0) is 23.1 Å². The third kappa shape index (κ3) is 3.64. The first kappa shape index (κ1) is 18.9. The molecule has 1 aliphatic carbocycles. The standard InChI is InChI=1S/C19H22F2N4O3/c1-24-10-13(16(23-24)18(20)21)19(26)25-7-8-27-15-5-4-14(25)17(15)28-11-12-3-2-6-22-9-12/h2-3,6,9-10,14-15,17-18H,4-5,7-8,11H2,1H3. The van der Waals surface area contributed by atoms with Crippen LogP contribution < -0.4 is 0 Å². The number of aromatic nitrogens is 3. The van der Waals surface area contributed by atoms with Crippen molar-refractivity contribution in [3.63, 3.8) is 0 Å². The Morgan fingerprint density at radius 3 is 3.04 bits per heavy atom. The first-order valence-corrected chi connectivity index (χ1v) is 9.29. The Hall–Kier alpha value is -2.39. The second kappa shape index (κ2) is 7.92. The molecule has 0 N–H and O–H groups in total. The van der Waals surface area contributed by atoms with E-state index in [9.17, 15) is 13.6 Å². The van der Waals surface area contributed by atoms with E-state index < -0.39 is 18.0 Å². The molecular weight excluding hydrogens is 370 g/mol. The number of fused-ring (bicyclic) bond motifs is 2. The smallest absolute Gasteiger partial charge is 0.282 e. The first-order chi connectivity index (χ1) is 13.5. The largest absolute Gasteiger partial charge is 0.374 e. The van der Waals surface area contributed by atoms with Crippen LogP contribution >= 0.6 is 0 Å². The zero-order valence-electron chi connectivity index (χ0n) is 15.5. The van der Waals surface area contributed by atoms with E-state index in [1.54, 1.807) is 17.3 Å². The molecule has 28 heavy (non-hydrogen) atoms. The van der Waals surface area contributed by atoms with E-state index in [-0.39, 0.29) is 23.8 Å². The number of hydrogen-bond donors (Lipinski definition) is 0. The minimum atomic E-state index is -2.81. The predicted molar refractivity (Wildman–Crippen MR) is 94.8 cm³/mol. The number of nitrogens with zero attached hydrogens (tertiary/aromatic N) is 4. The molecule has 9 heteroatoms. The first-order valence-electron chi connectivity index (χ1n) is 9.29. The molecule has 3 heterocycles. The summed E-state index contributed by atoms with van der Waals surface area (Å²) >= 11 is 0. The van der Waals surface area contributed by atoms with Crippen molar-refractivity contribution in [1.82, 2.24) is 19.7 Å². The summed E-state index contributed by atoms with van der Waals surface area (Å²) in [5.74, 6) is -0.450. The molecule has 0 radical (unpaired) electrons. The number of rotatable bonds is 5. The minimum absolute atomic E-state index is 0.0612. The number of pyridine rings is 1. The Bertz CT molecular complexity index is 830. The van der Waals surface area contributed by atoms with E-state index in [1.807, 2.05) is 12.1 Å². The van der Waals surface area contributed by atoms with E-state index >= 15 is 0 Å². The van der Waals surface area contributed by atoms with Gasteiger partial charge in [-0.2, -0.15) is 5.10 Å². The Morgan fingerprint density at radius 2 is 2.29 bits per heavy atom. The van der Waals surface area contributed by atoms with E-state index in [2.05, 4.69) is 10.1 Å². The van der Waals surface area contributed by atoms with Gasteiger partial charge in [0, 0.05) is 32.2 Å². The Kier molecular flexibility index (Phi) is 5.36. The highest BCUT2D eigenvalue weighted by atomic mass is 19.3. The highest BCUT2D eigenvalue weighted by Gasteiger charge is 2.45. The van der Waals surface area contributed by atoms with Crippen molar-refractivity contribution in [3.05, 3.63) is 47.5 Å². The molecule has 3 atom stereocenters. The summed E-state index contributed by atoms with van der Waals surface area (Å²) in [6.45, 7) is 1.04. The Labute approximate surface area is 161 Å². The highest BCUT2D eigenvalue weighted by Crippen LogP contribution is 2.34. The number of alkyl halides is 2. The van der Waals surface area contributed by atoms with Gasteiger partial charge in [-0.15, -0.1) is 0 Å². The van der Waals surface area contributed by atoms with Crippen LogP contribution in [0.4, 0.5) is 8.78 Å². The number of halogens is 2. The summed E-state index contributed by atoms with van der Waals surface area (Å²) in [5.41, 5.74) is 0.380. The average molecular weight is 392 g/mol. The monoisotopic (exact) mass is 392 g/mol. The van der Waals surface area contributed by atoms with Gasteiger partial charge in [0.2, 0.25) is 0 Å². The lowest BCUT2D eigenvalue weighted by molar-refractivity contribution is -0.0598. The van der Waals surface area contributed by atoms with Gasteiger partial charge in [-0.05, 0) is 24.5 Å². The Morgan fingerprint density at radius 1 is 1.43 bits per heavy atom. The SMILES string of the molecule is Cn1cc(C(=O)N2CCOC3CCC2C3OCc2cccnc2)c(C(F)F)n1. The lowest BCUT2D eigenvalue weighted by Gasteiger charge is -2.31. The van der Waals surface area contributed by atoms with Crippen LogP contribution in [0.3, 0.4) is 0 Å². The topological polar surface area (TPSA) is 69.5 Å². The maximum absolute atomic E-state index is 13.3. The fourth-order valence-corrected chi connectivity index (χ4v) is 4.02. The molecule has 1 aliphatic heterocycles. The number of carbonyl (C=O) groups is 1. The van der Waals surface area contributed by atoms with Crippen LogP contribution in [0.25, 0.3) is 0 Å². The van der Waals surface area contributed by atoms with Crippen LogP contribution in [-0.4, -0.2) is 57.0 Å². The van der Waals surface area contributed by atoms with Gasteiger partial charge in [-0.25, -0.2) is 8.78 Å². The number of ether oxygens (including phenoxy) is 2. The van der Waals surface area contributed by atoms with Gasteiger partial charge in [0.1, 0.15) is 11.8 Å². The number of amides is 1. The summed E-state index contributed by atoms with van der Waals surface area (Å²) in [7, 11) is 1.53. The van der Waals surface area contributed by atoms with Crippen molar-refractivity contribution in [2.45, 2.75) is 44.1 Å². The third-order valence-corrected chi connectivity index (χ3v) is 5.28. The van der Waals surface area contributed by atoms with Gasteiger partial charge in [0.25, 0.3) is 12.3 Å². The summed E-state index contributed by atoms with van der Waals surface area (Å²) in [5, 5.41) is 3.76. The molecule has 1 saturated heterocycles. The average Bonchev–Trinajstić information content (AvgIpc) is 3.20. The molecule has 0 spiro atoms. The van der Waals surface area contributed by atoms with E-state index in [4.69, 9.17) is 9.47 Å². The fraction of sp³-hybridized carbons (Fsp3) is 0.526. The van der Waals surface area contributed by atoms with Crippen molar-refractivity contribution in [2.24, 2.45) is 7.05 Å². The third-order valence-electron chi connectivity index (χ3n) is 5.28. The minimum Gasteiger partial charge on any atom is -0.374 e. The lowest BCUT2D eigenvalue weighted by Crippen LogP contribution is -2.46. The molecule has 2 aliphatic rings. The molecule has 7 nitrogen and oxygen atoms in total. The van der Waals surface area contributed by atoms with Crippen molar-refractivity contribution >= 4 is 5.91 Å². The van der Waals surface area contributed by atoms with E-state index in [0.29, 0.717) is 26.2 Å². The molecule has 0 aromatic carbocycles. The van der Waals surface area contributed by atoms with Gasteiger partial charge < -0.3 is 14.4 Å². The molecule has 1 saturated carbocycles. The van der Waals surface area contributed by atoms with Crippen LogP contribution in [0.5, 0.6) is 0 Å². The number of hydrogen-bond acceptors (Lipinski definition) is 5. The molecule has 150 valence electrons. The summed E-state index contributed by atoms with van der Waals surface area (Å²) in [6, 6.07) is 3.53.